The molecule has 3 aromatic rings. The number of hydrogen-bond donors (Lipinski definition) is 2. The van der Waals surface area contributed by atoms with E-state index >= 15 is 0 Å². The van der Waals surface area contributed by atoms with Crippen molar-refractivity contribution in [2.45, 2.75) is 38.8 Å². The summed E-state index contributed by atoms with van der Waals surface area (Å²) in [7, 11) is 0. The molecule has 0 aromatic heterocycles. The summed E-state index contributed by atoms with van der Waals surface area (Å²) in [5, 5.41) is 6.22. The highest BCUT2D eigenvalue weighted by molar-refractivity contribution is 5.97. The number of nitrogens with zero attached hydrogens (tertiary/aromatic N) is 1. The zero-order chi connectivity index (χ0) is 23.2. The molecular weight excluding hydrogens is 410 g/mol. The zero-order valence-electron chi connectivity index (χ0n) is 19.3. The van der Waals surface area contributed by atoms with Gasteiger partial charge >= 0.3 is 0 Å². The minimum atomic E-state index is -0.215. The van der Waals surface area contributed by atoms with Crippen molar-refractivity contribution >= 4 is 17.5 Å². The number of carbonyl (C=O) groups excluding carboxylic acids is 2. The third kappa shape index (κ3) is 5.43. The number of amides is 2. The molecule has 0 aliphatic carbocycles. The lowest BCUT2D eigenvalue weighted by Crippen LogP contribution is -2.42. The second-order valence-corrected chi connectivity index (χ2v) is 8.78. The molecule has 2 N–H and O–H groups in total. The van der Waals surface area contributed by atoms with E-state index in [1.807, 2.05) is 92.7 Å². The SMILES string of the molecule is CC(C)NC(=O)c1cccc2c1CCCN2CC(=O)NC(c1ccccc1)c1ccccc1. The van der Waals surface area contributed by atoms with Gasteiger partial charge in [-0.15, -0.1) is 0 Å². The second-order valence-electron chi connectivity index (χ2n) is 8.78. The maximum absolute atomic E-state index is 13.2. The topological polar surface area (TPSA) is 61.4 Å². The highest BCUT2D eigenvalue weighted by atomic mass is 16.2. The zero-order valence-corrected chi connectivity index (χ0v) is 19.3. The fourth-order valence-corrected chi connectivity index (χ4v) is 4.45. The van der Waals surface area contributed by atoms with Gasteiger partial charge in [-0.25, -0.2) is 0 Å². The molecule has 170 valence electrons. The Morgan fingerprint density at radius 3 is 2.09 bits per heavy atom. The minimum Gasteiger partial charge on any atom is -0.362 e. The minimum absolute atomic E-state index is 0.0439. The van der Waals surface area contributed by atoms with Gasteiger partial charge in [0.2, 0.25) is 5.91 Å². The molecule has 0 bridgehead atoms. The van der Waals surface area contributed by atoms with Crippen molar-refractivity contribution in [2.24, 2.45) is 0 Å². The third-order valence-electron chi connectivity index (χ3n) is 5.92. The first-order valence-corrected chi connectivity index (χ1v) is 11.6. The van der Waals surface area contributed by atoms with Gasteiger partial charge in [0.05, 0.1) is 12.6 Å². The molecule has 0 radical (unpaired) electrons. The van der Waals surface area contributed by atoms with Gasteiger partial charge < -0.3 is 15.5 Å². The summed E-state index contributed by atoms with van der Waals surface area (Å²) < 4.78 is 0. The highest BCUT2D eigenvalue weighted by Crippen LogP contribution is 2.30. The lowest BCUT2D eigenvalue weighted by Gasteiger charge is -2.32. The van der Waals surface area contributed by atoms with E-state index in [0.29, 0.717) is 5.56 Å². The Morgan fingerprint density at radius 2 is 1.48 bits per heavy atom. The second kappa shape index (κ2) is 10.3. The molecule has 4 rings (SSSR count). The van der Waals surface area contributed by atoms with Crippen LogP contribution in [0.4, 0.5) is 5.69 Å². The monoisotopic (exact) mass is 441 g/mol. The van der Waals surface area contributed by atoms with E-state index < -0.39 is 0 Å². The number of rotatable bonds is 7. The third-order valence-corrected chi connectivity index (χ3v) is 5.92. The van der Waals surface area contributed by atoms with Crippen LogP contribution in [0.15, 0.2) is 78.9 Å². The molecule has 0 saturated heterocycles. The van der Waals surface area contributed by atoms with Crippen LogP contribution in [-0.4, -0.2) is 30.9 Å². The average Bonchev–Trinajstić information content (AvgIpc) is 2.83. The van der Waals surface area contributed by atoms with Crippen LogP contribution in [0.1, 0.15) is 53.4 Å². The molecule has 3 aromatic carbocycles. The Balaban J connectivity index is 1.54. The maximum atomic E-state index is 13.2. The number of nitrogens with one attached hydrogen (secondary N) is 2. The number of benzene rings is 3. The van der Waals surface area contributed by atoms with Crippen LogP contribution in [-0.2, 0) is 11.2 Å². The smallest absolute Gasteiger partial charge is 0.251 e. The van der Waals surface area contributed by atoms with Gasteiger partial charge in [-0.3, -0.25) is 9.59 Å². The molecule has 5 heteroatoms. The Morgan fingerprint density at radius 1 is 0.848 bits per heavy atom. The first-order valence-electron chi connectivity index (χ1n) is 11.6. The van der Waals surface area contributed by atoms with Crippen molar-refractivity contribution in [3.05, 3.63) is 101 Å². The summed E-state index contributed by atoms with van der Waals surface area (Å²) >= 11 is 0. The quantitative estimate of drug-likeness (QED) is 0.568. The van der Waals surface area contributed by atoms with E-state index in [9.17, 15) is 9.59 Å². The van der Waals surface area contributed by atoms with Gasteiger partial charge in [-0.1, -0.05) is 66.7 Å². The van der Waals surface area contributed by atoms with Crippen LogP contribution < -0.4 is 15.5 Å². The van der Waals surface area contributed by atoms with Crippen molar-refractivity contribution in [2.75, 3.05) is 18.0 Å². The van der Waals surface area contributed by atoms with Gasteiger partial charge in [0.1, 0.15) is 0 Å². The predicted molar refractivity (Wildman–Crippen MR) is 132 cm³/mol. The molecule has 0 atom stereocenters. The van der Waals surface area contributed by atoms with Gasteiger partial charge in [-0.2, -0.15) is 0 Å². The normalized spacial score (nSPS) is 13.0. The summed E-state index contributed by atoms with van der Waals surface area (Å²) in [6, 6.07) is 25.7. The standard InChI is InChI=1S/C28H31N3O2/c1-20(2)29-28(33)24-15-9-17-25-23(24)16-10-18-31(25)19-26(32)30-27(21-11-5-3-6-12-21)22-13-7-4-8-14-22/h3-9,11-15,17,20,27H,10,16,18-19H2,1-2H3,(H,29,33)(H,30,32). The Labute approximate surface area is 195 Å². The molecule has 0 saturated carbocycles. The molecule has 1 aliphatic heterocycles. The Bertz CT molecular complexity index is 1060. The van der Waals surface area contributed by atoms with Gasteiger partial charge in [0.15, 0.2) is 0 Å². The van der Waals surface area contributed by atoms with Gasteiger partial charge in [0.25, 0.3) is 5.91 Å². The number of hydrogen-bond acceptors (Lipinski definition) is 3. The molecule has 1 aliphatic rings. The number of fused-ring (bicyclic) bond motifs is 1. The van der Waals surface area contributed by atoms with Crippen LogP contribution in [0.5, 0.6) is 0 Å². The van der Waals surface area contributed by atoms with Crippen molar-refractivity contribution in [3.8, 4) is 0 Å². The van der Waals surface area contributed by atoms with E-state index in [4.69, 9.17) is 0 Å². The van der Waals surface area contributed by atoms with Crippen LogP contribution in [0.2, 0.25) is 0 Å². The molecule has 0 fully saturated rings. The Hall–Kier alpha value is -3.60. The van der Waals surface area contributed by atoms with Crippen LogP contribution in [0, 0.1) is 0 Å². The van der Waals surface area contributed by atoms with Crippen LogP contribution in [0.3, 0.4) is 0 Å². The van der Waals surface area contributed by atoms with Crippen molar-refractivity contribution < 1.29 is 9.59 Å². The maximum Gasteiger partial charge on any atom is 0.251 e. The van der Waals surface area contributed by atoms with E-state index in [-0.39, 0.29) is 30.4 Å². The van der Waals surface area contributed by atoms with E-state index in [2.05, 4.69) is 15.5 Å². The van der Waals surface area contributed by atoms with Gasteiger partial charge in [0, 0.05) is 23.8 Å². The summed E-state index contributed by atoms with van der Waals surface area (Å²) in [5.41, 5.74) is 4.80. The Kier molecular flexibility index (Phi) is 7.08. The molecule has 1 heterocycles. The largest absolute Gasteiger partial charge is 0.362 e. The summed E-state index contributed by atoms with van der Waals surface area (Å²) in [5.74, 6) is -0.0982. The molecule has 2 amide bonds. The van der Waals surface area contributed by atoms with E-state index in [0.717, 1.165) is 41.8 Å². The molecule has 0 unspecified atom stereocenters. The van der Waals surface area contributed by atoms with Crippen molar-refractivity contribution in [1.82, 2.24) is 10.6 Å². The fourth-order valence-electron chi connectivity index (χ4n) is 4.45. The lowest BCUT2D eigenvalue weighted by molar-refractivity contribution is -0.120. The molecular formula is C28H31N3O2. The number of carbonyl (C=O) groups is 2. The van der Waals surface area contributed by atoms with Crippen molar-refractivity contribution in [3.63, 3.8) is 0 Å². The van der Waals surface area contributed by atoms with Crippen LogP contribution in [0.25, 0.3) is 0 Å². The summed E-state index contributed by atoms with van der Waals surface area (Å²) in [6.07, 6.45) is 1.75. The molecule has 5 nitrogen and oxygen atoms in total. The average molecular weight is 442 g/mol. The van der Waals surface area contributed by atoms with Crippen molar-refractivity contribution in [1.29, 1.82) is 0 Å². The first kappa shape index (κ1) is 22.6. The summed E-state index contributed by atoms with van der Waals surface area (Å²) in [6.45, 7) is 4.95. The highest BCUT2D eigenvalue weighted by Gasteiger charge is 2.25. The molecule has 33 heavy (non-hydrogen) atoms. The molecule has 0 spiro atoms. The van der Waals surface area contributed by atoms with Crippen LogP contribution >= 0.6 is 0 Å². The lowest BCUT2D eigenvalue weighted by atomic mass is 9.95. The van der Waals surface area contributed by atoms with E-state index in [1.54, 1.807) is 0 Å². The predicted octanol–water partition coefficient (Wildman–Crippen LogP) is 4.48. The summed E-state index contributed by atoms with van der Waals surface area (Å²) in [4.78, 5) is 28.0. The number of anilines is 1. The van der Waals surface area contributed by atoms with E-state index in [1.165, 1.54) is 0 Å². The van der Waals surface area contributed by atoms with Gasteiger partial charge in [-0.05, 0) is 55.5 Å². The first-order chi connectivity index (χ1) is 16.0. The fraction of sp³-hybridized carbons (Fsp3) is 0.286.